The van der Waals surface area contributed by atoms with Gasteiger partial charge in [0.15, 0.2) is 0 Å². The maximum atomic E-state index is 13.0. The van der Waals surface area contributed by atoms with Crippen molar-refractivity contribution in [3.63, 3.8) is 0 Å². The zero-order valence-electron chi connectivity index (χ0n) is 19.4. The summed E-state index contributed by atoms with van der Waals surface area (Å²) in [5.74, 6) is 1.49. The molecule has 3 aromatic rings. The number of methoxy groups -OCH3 is 2. The van der Waals surface area contributed by atoms with E-state index in [1.54, 1.807) is 31.6 Å². The van der Waals surface area contributed by atoms with Crippen molar-refractivity contribution in [2.24, 2.45) is 0 Å². The van der Waals surface area contributed by atoms with Crippen molar-refractivity contribution < 1.29 is 14.3 Å². The van der Waals surface area contributed by atoms with E-state index in [2.05, 4.69) is 51.7 Å². The minimum atomic E-state index is -0.0874. The second-order valence-electron chi connectivity index (χ2n) is 8.15. The Kier molecular flexibility index (Phi) is 7.52. The first-order chi connectivity index (χ1) is 16.1. The molecule has 0 aliphatic carbocycles. The molecule has 0 spiro atoms. The van der Waals surface area contributed by atoms with Crippen LogP contribution in [-0.2, 0) is 0 Å². The van der Waals surface area contributed by atoms with E-state index in [1.165, 1.54) is 4.88 Å². The Labute approximate surface area is 199 Å². The molecule has 4 rings (SSSR count). The molecule has 1 aromatic heterocycles. The number of thiophene rings is 1. The number of carbonyl (C=O) groups excluding carboxylic acids is 1. The van der Waals surface area contributed by atoms with Crippen LogP contribution in [0.4, 0.5) is 5.69 Å². The molecular formula is C26H31N3O3S. The Balaban J connectivity index is 1.47. The summed E-state index contributed by atoms with van der Waals surface area (Å²) in [5, 5.41) is 5.33. The lowest BCUT2D eigenvalue weighted by Crippen LogP contribution is -2.52. The molecule has 1 N–H and O–H groups in total. The number of anilines is 1. The molecule has 1 amide bonds. The molecule has 0 radical (unpaired) electrons. The number of rotatable bonds is 8. The fourth-order valence-electron chi connectivity index (χ4n) is 4.47. The molecule has 1 aliphatic heterocycles. The Hall–Kier alpha value is -3.03. The number of para-hydroxylation sites is 2. The third kappa shape index (κ3) is 5.31. The number of piperazine rings is 1. The van der Waals surface area contributed by atoms with E-state index in [4.69, 9.17) is 9.47 Å². The average molecular weight is 466 g/mol. The first-order valence-corrected chi connectivity index (χ1v) is 12.1. The van der Waals surface area contributed by atoms with Crippen LogP contribution >= 0.6 is 11.3 Å². The number of nitrogens with one attached hydrogen (secondary N) is 1. The van der Waals surface area contributed by atoms with Gasteiger partial charge in [-0.1, -0.05) is 24.3 Å². The monoisotopic (exact) mass is 465 g/mol. The molecule has 1 fully saturated rings. The second-order valence-corrected chi connectivity index (χ2v) is 9.13. The van der Waals surface area contributed by atoms with Crippen LogP contribution in [0, 0.1) is 0 Å². The average Bonchev–Trinajstić information content (AvgIpc) is 3.39. The normalized spacial score (nSPS) is 16.2. The largest absolute Gasteiger partial charge is 0.497 e. The fraction of sp³-hybridized carbons (Fsp3) is 0.346. The number of hydrogen-bond donors (Lipinski definition) is 1. The highest BCUT2D eigenvalue weighted by Gasteiger charge is 2.31. The molecule has 174 valence electrons. The molecule has 2 atom stereocenters. The molecule has 33 heavy (non-hydrogen) atoms. The summed E-state index contributed by atoms with van der Waals surface area (Å²) in [6, 6.07) is 19.7. The van der Waals surface area contributed by atoms with Crippen molar-refractivity contribution in [1.82, 2.24) is 10.2 Å². The van der Waals surface area contributed by atoms with Crippen molar-refractivity contribution in [1.29, 1.82) is 0 Å². The van der Waals surface area contributed by atoms with Crippen LogP contribution in [0.5, 0.6) is 11.5 Å². The first-order valence-electron chi connectivity index (χ1n) is 11.2. The maximum Gasteiger partial charge on any atom is 0.251 e. The highest BCUT2D eigenvalue weighted by Crippen LogP contribution is 2.33. The van der Waals surface area contributed by atoms with Gasteiger partial charge in [-0.05, 0) is 48.7 Å². The molecule has 1 aliphatic rings. The minimum Gasteiger partial charge on any atom is -0.497 e. The zero-order valence-corrected chi connectivity index (χ0v) is 20.2. The Morgan fingerprint density at radius 2 is 1.76 bits per heavy atom. The third-order valence-electron chi connectivity index (χ3n) is 6.13. The molecule has 2 aromatic carbocycles. The Morgan fingerprint density at radius 3 is 2.45 bits per heavy atom. The van der Waals surface area contributed by atoms with Gasteiger partial charge in [0.05, 0.1) is 25.9 Å². The van der Waals surface area contributed by atoms with Crippen LogP contribution in [0.15, 0.2) is 66.0 Å². The van der Waals surface area contributed by atoms with Gasteiger partial charge in [-0.2, -0.15) is 0 Å². The van der Waals surface area contributed by atoms with Gasteiger partial charge >= 0.3 is 0 Å². The van der Waals surface area contributed by atoms with Gasteiger partial charge in [0.1, 0.15) is 11.5 Å². The van der Waals surface area contributed by atoms with Gasteiger partial charge in [0.25, 0.3) is 5.91 Å². The van der Waals surface area contributed by atoms with E-state index in [9.17, 15) is 4.79 Å². The summed E-state index contributed by atoms with van der Waals surface area (Å²) >= 11 is 1.74. The summed E-state index contributed by atoms with van der Waals surface area (Å²) in [5.41, 5.74) is 1.74. The summed E-state index contributed by atoms with van der Waals surface area (Å²) in [4.78, 5) is 19.1. The summed E-state index contributed by atoms with van der Waals surface area (Å²) in [6.07, 6.45) is 0. The minimum absolute atomic E-state index is 0.0554. The lowest BCUT2D eigenvalue weighted by molar-refractivity contribution is 0.0890. The molecule has 2 heterocycles. The Morgan fingerprint density at radius 1 is 0.970 bits per heavy atom. The lowest BCUT2D eigenvalue weighted by atomic mass is 10.0. The zero-order chi connectivity index (χ0) is 23.2. The number of hydrogen-bond acceptors (Lipinski definition) is 6. The molecule has 6 nitrogen and oxygen atoms in total. The summed E-state index contributed by atoms with van der Waals surface area (Å²) < 4.78 is 10.8. The van der Waals surface area contributed by atoms with Gasteiger partial charge in [-0.3, -0.25) is 9.69 Å². The van der Waals surface area contributed by atoms with E-state index in [0.717, 1.165) is 37.6 Å². The maximum absolute atomic E-state index is 13.0. The highest BCUT2D eigenvalue weighted by atomic mass is 32.1. The van der Waals surface area contributed by atoms with Crippen LogP contribution in [0.2, 0.25) is 0 Å². The second kappa shape index (κ2) is 10.7. The molecule has 7 heteroatoms. The van der Waals surface area contributed by atoms with E-state index < -0.39 is 0 Å². The van der Waals surface area contributed by atoms with Gasteiger partial charge in [-0.15, -0.1) is 11.3 Å². The predicted octanol–water partition coefficient (Wildman–Crippen LogP) is 4.45. The van der Waals surface area contributed by atoms with Crippen molar-refractivity contribution >= 4 is 22.9 Å². The quantitative estimate of drug-likeness (QED) is 0.533. The standard InChI is InChI=1S/C26H31N3O3S/c1-19(27-26(30)20-8-6-9-21(18-20)31-2)25(24-12-7-17-33-24)29-15-13-28(14-16-29)22-10-4-5-11-23(22)32-3/h4-12,17-19,25H,13-16H2,1-3H3,(H,27,30)/t19-,25+/m0/s1. The van der Waals surface area contributed by atoms with Crippen LogP contribution in [0.1, 0.15) is 28.2 Å². The van der Waals surface area contributed by atoms with Crippen molar-refractivity contribution in [3.8, 4) is 11.5 Å². The number of ether oxygens (including phenoxy) is 2. The SMILES string of the molecule is COc1cccc(C(=O)N[C@@H](C)[C@H](c2cccs2)N2CCN(c3ccccc3OC)CC2)c1. The number of benzene rings is 2. The third-order valence-corrected chi connectivity index (χ3v) is 7.08. The summed E-state index contributed by atoms with van der Waals surface area (Å²) in [7, 11) is 3.33. The van der Waals surface area contributed by atoms with Crippen LogP contribution < -0.4 is 19.7 Å². The lowest BCUT2D eigenvalue weighted by Gasteiger charge is -2.42. The number of amides is 1. The fourth-order valence-corrected chi connectivity index (χ4v) is 5.43. The number of nitrogens with zero attached hydrogens (tertiary/aromatic N) is 2. The van der Waals surface area contributed by atoms with E-state index in [1.807, 2.05) is 30.3 Å². The molecule has 0 saturated carbocycles. The Bertz CT molecular complexity index is 1050. The van der Waals surface area contributed by atoms with Gasteiger partial charge in [0, 0.05) is 42.7 Å². The van der Waals surface area contributed by atoms with Crippen molar-refractivity contribution in [2.45, 2.75) is 19.0 Å². The van der Waals surface area contributed by atoms with Crippen LogP contribution in [-0.4, -0.2) is 57.2 Å². The van der Waals surface area contributed by atoms with Gasteiger partial charge in [-0.25, -0.2) is 0 Å². The molecule has 1 saturated heterocycles. The highest BCUT2D eigenvalue weighted by molar-refractivity contribution is 7.10. The van der Waals surface area contributed by atoms with E-state index in [0.29, 0.717) is 11.3 Å². The molecular weight excluding hydrogens is 434 g/mol. The molecule has 0 bridgehead atoms. The topological polar surface area (TPSA) is 54.0 Å². The first kappa shape index (κ1) is 23.1. The smallest absolute Gasteiger partial charge is 0.251 e. The van der Waals surface area contributed by atoms with Gasteiger partial charge in [0.2, 0.25) is 0 Å². The summed E-state index contributed by atoms with van der Waals surface area (Å²) in [6.45, 7) is 5.70. The van der Waals surface area contributed by atoms with E-state index in [-0.39, 0.29) is 18.0 Å². The van der Waals surface area contributed by atoms with Crippen molar-refractivity contribution in [3.05, 3.63) is 76.5 Å². The van der Waals surface area contributed by atoms with Crippen molar-refractivity contribution in [2.75, 3.05) is 45.3 Å². The van der Waals surface area contributed by atoms with Crippen LogP contribution in [0.3, 0.4) is 0 Å². The number of carbonyl (C=O) groups is 1. The predicted molar refractivity (Wildman–Crippen MR) is 134 cm³/mol. The van der Waals surface area contributed by atoms with E-state index >= 15 is 0 Å². The molecule has 0 unspecified atom stereocenters. The van der Waals surface area contributed by atoms with Crippen LogP contribution in [0.25, 0.3) is 0 Å². The van der Waals surface area contributed by atoms with Gasteiger partial charge < -0.3 is 19.7 Å².